The summed E-state index contributed by atoms with van der Waals surface area (Å²) in [5, 5.41) is 7.84. The average molecular weight is 482 g/mol. The van der Waals surface area contributed by atoms with Crippen LogP contribution in [0, 0.1) is 12.7 Å². The van der Waals surface area contributed by atoms with Gasteiger partial charge in [0.15, 0.2) is 5.82 Å². The molecule has 0 radical (unpaired) electrons. The molecular weight excluding hydrogens is 464 g/mol. The Morgan fingerprint density at radius 3 is 2.48 bits per heavy atom. The van der Waals surface area contributed by atoms with Gasteiger partial charge in [-0.3, -0.25) is 0 Å². The van der Waals surface area contributed by atoms with Gasteiger partial charge in [0, 0.05) is 12.7 Å². The summed E-state index contributed by atoms with van der Waals surface area (Å²) in [5.74, 6) is -0.143. The van der Waals surface area contributed by atoms with E-state index in [-0.39, 0.29) is 28.3 Å². The van der Waals surface area contributed by atoms with Crippen LogP contribution in [0.5, 0.6) is 0 Å². The van der Waals surface area contributed by atoms with Crippen LogP contribution >= 0.6 is 23.2 Å². The molecule has 0 saturated carbocycles. The summed E-state index contributed by atoms with van der Waals surface area (Å²) >= 11 is 12.1. The maximum absolute atomic E-state index is 14.5. The van der Waals surface area contributed by atoms with Crippen molar-refractivity contribution in [3.63, 3.8) is 0 Å². The Bertz CT molecular complexity index is 1260. The number of halogens is 3. The molecule has 33 heavy (non-hydrogen) atoms. The Morgan fingerprint density at radius 1 is 0.970 bits per heavy atom. The third kappa shape index (κ3) is 6.00. The zero-order valence-corrected chi connectivity index (χ0v) is 18.9. The zero-order valence-electron chi connectivity index (χ0n) is 17.4. The number of hydrazone groups is 1. The highest BCUT2D eigenvalue weighted by Crippen LogP contribution is 2.29. The standard InChI is InChI=1S/C23H18Cl2FN7/c1-14-5-7-15(8-6-14)13-29-33-23-31-21(20-17(24)3-2-4-18(20)26)30-22(32-23)28-12-16-9-10-19(25)27-11-16/h2-11,13H,12H2,1H3,(H2,28,30,31,32,33)/b29-13+. The monoisotopic (exact) mass is 481 g/mol. The second-order valence-electron chi connectivity index (χ2n) is 7.03. The van der Waals surface area contributed by atoms with Crippen LogP contribution in [0.25, 0.3) is 11.4 Å². The molecule has 0 atom stereocenters. The molecule has 2 heterocycles. The molecule has 166 valence electrons. The lowest BCUT2D eigenvalue weighted by Gasteiger charge is -2.10. The highest BCUT2D eigenvalue weighted by Gasteiger charge is 2.16. The fourth-order valence-corrected chi connectivity index (χ4v) is 3.20. The van der Waals surface area contributed by atoms with Crippen molar-refractivity contribution in [3.05, 3.63) is 93.5 Å². The van der Waals surface area contributed by atoms with E-state index < -0.39 is 5.82 Å². The molecule has 2 N–H and O–H groups in total. The number of benzene rings is 2. The van der Waals surface area contributed by atoms with Gasteiger partial charge in [0.05, 0.1) is 16.8 Å². The first kappa shape index (κ1) is 22.6. The molecule has 2 aromatic carbocycles. The van der Waals surface area contributed by atoms with Crippen molar-refractivity contribution in [2.24, 2.45) is 5.10 Å². The van der Waals surface area contributed by atoms with Gasteiger partial charge in [-0.05, 0) is 36.2 Å². The van der Waals surface area contributed by atoms with Gasteiger partial charge in [0.1, 0.15) is 11.0 Å². The van der Waals surface area contributed by atoms with Crippen molar-refractivity contribution in [1.29, 1.82) is 0 Å². The third-order valence-corrected chi connectivity index (χ3v) is 5.06. The van der Waals surface area contributed by atoms with Crippen molar-refractivity contribution in [1.82, 2.24) is 19.9 Å². The predicted molar refractivity (Wildman–Crippen MR) is 129 cm³/mol. The van der Waals surface area contributed by atoms with Crippen molar-refractivity contribution >= 4 is 41.3 Å². The Kier molecular flexibility index (Phi) is 7.07. The summed E-state index contributed by atoms with van der Waals surface area (Å²) in [7, 11) is 0. The van der Waals surface area contributed by atoms with E-state index in [4.69, 9.17) is 23.2 Å². The fraction of sp³-hybridized carbons (Fsp3) is 0.0870. The Morgan fingerprint density at radius 2 is 1.76 bits per heavy atom. The van der Waals surface area contributed by atoms with Gasteiger partial charge in [-0.15, -0.1) is 0 Å². The number of nitrogens with one attached hydrogen (secondary N) is 2. The molecule has 0 fully saturated rings. The molecule has 2 aromatic heterocycles. The van der Waals surface area contributed by atoms with Gasteiger partial charge in [0.2, 0.25) is 11.9 Å². The highest BCUT2D eigenvalue weighted by atomic mass is 35.5. The van der Waals surface area contributed by atoms with E-state index in [0.717, 1.165) is 16.7 Å². The normalized spacial score (nSPS) is 11.0. The van der Waals surface area contributed by atoms with E-state index in [1.165, 1.54) is 12.1 Å². The summed E-state index contributed by atoms with van der Waals surface area (Å²) < 4.78 is 14.5. The Labute approximate surface area is 199 Å². The predicted octanol–water partition coefficient (Wildman–Crippen LogP) is 5.75. The molecule has 4 rings (SSSR count). The quantitative estimate of drug-likeness (QED) is 0.198. The van der Waals surface area contributed by atoms with E-state index in [9.17, 15) is 4.39 Å². The van der Waals surface area contributed by atoms with Crippen LogP contribution < -0.4 is 10.7 Å². The number of anilines is 2. The zero-order chi connectivity index (χ0) is 23.2. The SMILES string of the molecule is Cc1ccc(/C=N/Nc2nc(NCc3ccc(Cl)nc3)nc(-c3c(F)cccc3Cl)n2)cc1. The summed E-state index contributed by atoms with van der Waals surface area (Å²) in [6.45, 7) is 2.37. The minimum absolute atomic E-state index is 0.0675. The number of nitrogens with zero attached hydrogens (tertiary/aromatic N) is 5. The third-order valence-electron chi connectivity index (χ3n) is 4.52. The van der Waals surface area contributed by atoms with Crippen molar-refractivity contribution in [3.8, 4) is 11.4 Å². The summed E-state index contributed by atoms with van der Waals surface area (Å²) in [5.41, 5.74) is 5.75. The van der Waals surface area contributed by atoms with E-state index in [1.54, 1.807) is 24.5 Å². The number of pyridine rings is 1. The van der Waals surface area contributed by atoms with Crippen molar-refractivity contribution in [2.75, 3.05) is 10.7 Å². The molecule has 0 aliphatic carbocycles. The number of aryl methyl sites for hydroxylation is 1. The van der Waals surface area contributed by atoms with Gasteiger partial charge < -0.3 is 5.32 Å². The van der Waals surface area contributed by atoms with Gasteiger partial charge in [-0.2, -0.15) is 20.1 Å². The molecule has 0 aliphatic heterocycles. The number of hydrogen-bond donors (Lipinski definition) is 2. The van der Waals surface area contributed by atoms with E-state index in [0.29, 0.717) is 11.7 Å². The smallest absolute Gasteiger partial charge is 0.248 e. The molecule has 0 bridgehead atoms. The summed E-state index contributed by atoms with van der Waals surface area (Å²) in [6, 6.07) is 15.7. The van der Waals surface area contributed by atoms with E-state index in [1.807, 2.05) is 37.3 Å². The first-order valence-electron chi connectivity index (χ1n) is 9.88. The maximum atomic E-state index is 14.5. The molecule has 7 nitrogen and oxygen atoms in total. The summed E-state index contributed by atoms with van der Waals surface area (Å²) in [4.78, 5) is 17.0. The lowest BCUT2D eigenvalue weighted by molar-refractivity contribution is 0.630. The van der Waals surface area contributed by atoms with Gasteiger partial charge in [-0.25, -0.2) is 14.8 Å². The van der Waals surface area contributed by atoms with Gasteiger partial charge >= 0.3 is 0 Å². The molecule has 0 unspecified atom stereocenters. The summed E-state index contributed by atoms with van der Waals surface area (Å²) in [6.07, 6.45) is 3.27. The van der Waals surface area contributed by atoms with Crippen molar-refractivity contribution in [2.45, 2.75) is 13.5 Å². The average Bonchev–Trinajstić information content (AvgIpc) is 2.80. The lowest BCUT2D eigenvalue weighted by atomic mass is 10.2. The van der Waals surface area contributed by atoms with Crippen LogP contribution in [-0.2, 0) is 6.54 Å². The van der Waals surface area contributed by atoms with Gasteiger partial charge in [0.25, 0.3) is 0 Å². The van der Waals surface area contributed by atoms with Crippen LogP contribution in [-0.4, -0.2) is 26.2 Å². The second-order valence-corrected chi connectivity index (χ2v) is 7.82. The largest absolute Gasteiger partial charge is 0.350 e. The second kappa shape index (κ2) is 10.3. The first-order valence-corrected chi connectivity index (χ1v) is 10.6. The Balaban J connectivity index is 1.62. The lowest BCUT2D eigenvalue weighted by Crippen LogP contribution is -2.09. The van der Waals surface area contributed by atoms with Crippen LogP contribution in [0.15, 0.2) is 65.9 Å². The fourth-order valence-electron chi connectivity index (χ4n) is 2.84. The van der Waals surface area contributed by atoms with Crippen LogP contribution in [0.3, 0.4) is 0 Å². The Hall–Kier alpha value is -3.62. The molecule has 10 heteroatoms. The van der Waals surface area contributed by atoms with Crippen LogP contribution in [0.4, 0.5) is 16.3 Å². The molecule has 0 aliphatic rings. The molecular formula is C23H18Cl2FN7. The number of rotatable bonds is 7. The van der Waals surface area contributed by atoms with Crippen molar-refractivity contribution < 1.29 is 4.39 Å². The van der Waals surface area contributed by atoms with E-state index in [2.05, 4.69) is 35.8 Å². The first-order chi connectivity index (χ1) is 16.0. The molecule has 0 saturated heterocycles. The maximum Gasteiger partial charge on any atom is 0.248 e. The molecule has 4 aromatic rings. The van der Waals surface area contributed by atoms with E-state index >= 15 is 0 Å². The highest BCUT2D eigenvalue weighted by molar-refractivity contribution is 6.33. The minimum atomic E-state index is -0.546. The minimum Gasteiger partial charge on any atom is -0.350 e. The van der Waals surface area contributed by atoms with Gasteiger partial charge in [-0.1, -0.05) is 65.2 Å². The number of aromatic nitrogens is 4. The van der Waals surface area contributed by atoms with Crippen LogP contribution in [0.2, 0.25) is 10.2 Å². The van der Waals surface area contributed by atoms with Crippen LogP contribution in [0.1, 0.15) is 16.7 Å². The number of hydrogen-bond acceptors (Lipinski definition) is 7. The molecule has 0 spiro atoms. The topological polar surface area (TPSA) is 88.0 Å². The molecule has 0 amide bonds.